The van der Waals surface area contributed by atoms with E-state index in [-0.39, 0.29) is 40.2 Å². The molecule has 1 aromatic carbocycles. The van der Waals surface area contributed by atoms with Crippen molar-refractivity contribution in [1.29, 1.82) is 0 Å². The molecule has 3 aromatic rings. The van der Waals surface area contributed by atoms with Gasteiger partial charge in [-0.25, -0.2) is 13.8 Å². The highest BCUT2D eigenvalue weighted by Crippen LogP contribution is 2.39. The van der Waals surface area contributed by atoms with Crippen LogP contribution in [0.4, 0.5) is 14.6 Å². The zero-order valence-corrected chi connectivity index (χ0v) is 17.6. The molecule has 9 heteroatoms. The largest absolute Gasteiger partial charge is 0.507 e. The van der Waals surface area contributed by atoms with E-state index >= 15 is 0 Å². The molecule has 0 radical (unpaired) electrons. The van der Waals surface area contributed by atoms with Gasteiger partial charge in [-0.3, -0.25) is 4.79 Å². The van der Waals surface area contributed by atoms with Crippen molar-refractivity contribution in [2.45, 2.75) is 50.4 Å². The minimum absolute atomic E-state index is 0.0173. The van der Waals surface area contributed by atoms with Gasteiger partial charge in [-0.2, -0.15) is 0 Å². The molecule has 2 aliphatic carbocycles. The Kier molecular flexibility index (Phi) is 5.11. The number of phenolic OH excluding ortho intramolecular Hbond substituents is 1. The van der Waals surface area contributed by atoms with Crippen LogP contribution in [0.3, 0.4) is 0 Å². The number of alkyl halides is 1. The molecular weight excluding hydrogens is 416 g/mol. The Morgan fingerprint density at radius 1 is 1.06 bits per heavy atom. The Bertz CT molecular complexity index is 1210. The minimum Gasteiger partial charge on any atom is -0.507 e. The Labute approximate surface area is 183 Å². The lowest BCUT2D eigenvalue weighted by molar-refractivity contribution is 0.300. The van der Waals surface area contributed by atoms with Gasteiger partial charge in [0.25, 0.3) is 5.56 Å². The first-order chi connectivity index (χ1) is 15.4. The molecule has 1 N–H and O–H groups in total. The highest BCUT2D eigenvalue weighted by molar-refractivity contribution is 5.73. The van der Waals surface area contributed by atoms with Gasteiger partial charge in [-0.1, -0.05) is 0 Å². The molecule has 7 nitrogen and oxygen atoms in total. The van der Waals surface area contributed by atoms with E-state index in [2.05, 4.69) is 15.2 Å². The maximum absolute atomic E-state index is 14.8. The normalized spacial score (nSPS) is 20.5. The first kappa shape index (κ1) is 20.5. The van der Waals surface area contributed by atoms with Crippen LogP contribution >= 0.6 is 0 Å². The van der Waals surface area contributed by atoms with Crippen LogP contribution in [-0.2, 0) is 7.05 Å². The molecule has 2 fully saturated rings. The number of aromatic hydroxyl groups is 1. The van der Waals surface area contributed by atoms with Crippen LogP contribution in [0.25, 0.3) is 22.5 Å². The number of hydrogen-bond acceptors (Lipinski definition) is 6. The summed E-state index contributed by atoms with van der Waals surface area (Å²) >= 11 is 0. The van der Waals surface area contributed by atoms with Crippen LogP contribution in [0.5, 0.6) is 5.75 Å². The third-order valence-electron chi connectivity index (χ3n) is 6.22. The number of anilines is 1. The van der Waals surface area contributed by atoms with E-state index in [0.717, 1.165) is 31.7 Å². The van der Waals surface area contributed by atoms with Crippen molar-refractivity contribution in [3.8, 4) is 28.3 Å². The number of benzene rings is 1. The lowest BCUT2D eigenvalue weighted by atomic mass is 10.0. The van der Waals surface area contributed by atoms with Crippen molar-refractivity contribution in [2.75, 3.05) is 4.90 Å². The van der Waals surface area contributed by atoms with E-state index in [4.69, 9.17) is 0 Å². The summed E-state index contributed by atoms with van der Waals surface area (Å²) in [6, 6.07) is 7.10. The Morgan fingerprint density at radius 3 is 2.50 bits per heavy atom. The molecule has 0 spiro atoms. The number of halogens is 2. The standard InChI is InChI=1S/C23H23F2N5O2/c1-29-12-26-19(11-23(29)32)14-10-21(31)15(9-17(14)25)18-7-8-22(28-27-18)30(13-5-6-13)20-4-2-3-16(20)24/h7-13,16,20,31H,2-6H2,1H3. The lowest BCUT2D eigenvalue weighted by Gasteiger charge is -2.31. The van der Waals surface area contributed by atoms with E-state index < -0.39 is 12.0 Å². The number of hydrogen-bond donors (Lipinski definition) is 1. The maximum Gasteiger partial charge on any atom is 0.253 e. The summed E-state index contributed by atoms with van der Waals surface area (Å²) in [6.07, 6.45) is 4.68. The number of phenols is 1. The van der Waals surface area contributed by atoms with E-state index in [1.54, 1.807) is 19.2 Å². The van der Waals surface area contributed by atoms with Crippen molar-refractivity contribution in [3.05, 3.63) is 52.8 Å². The fourth-order valence-electron chi connectivity index (χ4n) is 4.37. The topological polar surface area (TPSA) is 84.1 Å². The number of nitrogens with zero attached hydrogens (tertiary/aromatic N) is 5. The predicted octanol–water partition coefficient (Wildman–Crippen LogP) is 3.61. The second-order valence-corrected chi connectivity index (χ2v) is 8.50. The van der Waals surface area contributed by atoms with Crippen molar-refractivity contribution in [2.24, 2.45) is 7.05 Å². The quantitative estimate of drug-likeness (QED) is 0.654. The molecule has 2 aliphatic rings. The van der Waals surface area contributed by atoms with Gasteiger partial charge >= 0.3 is 0 Å². The summed E-state index contributed by atoms with van der Waals surface area (Å²) < 4.78 is 30.5. The van der Waals surface area contributed by atoms with Gasteiger partial charge < -0.3 is 14.6 Å². The Balaban J connectivity index is 1.45. The molecule has 2 saturated carbocycles. The molecule has 0 aliphatic heterocycles. The van der Waals surface area contributed by atoms with Gasteiger partial charge in [0.15, 0.2) is 5.82 Å². The third kappa shape index (κ3) is 3.72. The van der Waals surface area contributed by atoms with Gasteiger partial charge in [-0.15, -0.1) is 10.2 Å². The van der Waals surface area contributed by atoms with E-state index in [1.807, 2.05) is 4.90 Å². The summed E-state index contributed by atoms with van der Waals surface area (Å²) in [5.41, 5.74) is 0.288. The molecule has 166 valence electrons. The van der Waals surface area contributed by atoms with Crippen LogP contribution in [0.2, 0.25) is 0 Å². The van der Waals surface area contributed by atoms with E-state index in [9.17, 15) is 18.7 Å². The molecule has 0 bridgehead atoms. The fraction of sp³-hybridized carbons (Fsp3) is 0.391. The molecule has 32 heavy (non-hydrogen) atoms. The van der Waals surface area contributed by atoms with Gasteiger partial charge in [0.05, 0.1) is 23.8 Å². The summed E-state index contributed by atoms with van der Waals surface area (Å²) in [7, 11) is 1.54. The average molecular weight is 439 g/mol. The van der Waals surface area contributed by atoms with Gasteiger partial charge in [0, 0.05) is 30.3 Å². The summed E-state index contributed by atoms with van der Waals surface area (Å²) in [6.45, 7) is 0. The van der Waals surface area contributed by atoms with Crippen LogP contribution in [-0.4, -0.2) is 43.1 Å². The minimum atomic E-state index is -0.869. The van der Waals surface area contributed by atoms with E-state index in [0.29, 0.717) is 17.9 Å². The van der Waals surface area contributed by atoms with Crippen LogP contribution < -0.4 is 10.5 Å². The molecule has 2 atom stereocenters. The molecule has 0 amide bonds. The molecule has 2 heterocycles. The van der Waals surface area contributed by atoms with Crippen molar-refractivity contribution in [3.63, 3.8) is 0 Å². The highest BCUT2D eigenvalue weighted by atomic mass is 19.1. The first-order valence-electron chi connectivity index (χ1n) is 10.7. The molecule has 2 unspecified atom stereocenters. The van der Waals surface area contributed by atoms with Crippen LogP contribution in [0.15, 0.2) is 41.5 Å². The molecule has 2 aromatic heterocycles. The average Bonchev–Trinajstić information content (AvgIpc) is 3.53. The Hall–Kier alpha value is -3.36. The first-order valence-corrected chi connectivity index (χ1v) is 10.7. The molecule has 0 saturated heterocycles. The van der Waals surface area contributed by atoms with Gasteiger partial charge in [0.2, 0.25) is 0 Å². The van der Waals surface area contributed by atoms with Crippen molar-refractivity contribution in [1.82, 2.24) is 19.7 Å². The zero-order valence-electron chi connectivity index (χ0n) is 17.6. The second-order valence-electron chi connectivity index (χ2n) is 8.50. The van der Waals surface area contributed by atoms with Gasteiger partial charge in [-0.05, 0) is 56.4 Å². The summed E-state index contributed by atoms with van der Waals surface area (Å²) in [4.78, 5) is 17.9. The van der Waals surface area contributed by atoms with Crippen LogP contribution in [0, 0.1) is 5.82 Å². The summed E-state index contributed by atoms with van der Waals surface area (Å²) in [5, 5.41) is 19.0. The predicted molar refractivity (Wildman–Crippen MR) is 116 cm³/mol. The highest BCUT2D eigenvalue weighted by Gasteiger charge is 2.41. The van der Waals surface area contributed by atoms with Crippen LogP contribution in [0.1, 0.15) is 32.1 Å². The fourth-order valence-corrected chi connectivity index (χ4v) is 4.37. The van der Waals surface area contributed by atoms with Crippen molar-refractivity contribution < 1.29 is 13.9 Å². The Morgan fingerprint density at radius 2 is 1.88 bits per heavy atom. The van der Waals surface area contributed by atoms with E-state index in [1.165, 1.54) is 23.0 Å². The summed E-state index contributed by atoms with van der Waals surface area (Å²) in [5.74, 6) is -0.244. The lowest BCUT2D eigenvalue weighted by Crippen LogP contribution is -2.41. The number of aryl methyl sites for hydroxylation is 1. The SMILES string of the molecule is Cn1cnc(-c2cc(O)c(-c3ccc(N(C4CC4)C4CCCC4F)nn3)cc2F)cc1=O. The zero-order chi connectivity index (χ0) is 22.4. The van der Waals surface area contributed by atoms with Crippen molar-refractivity contribution >= 4 is 5.82 Å². The molecule has 5 rings (SSSR count). The maximum atomic E-state index is 14.8. The second kappa shape index (κ2) is 7.96. The number of rotatable bonds is 5. The number of aromatic nitrogens is 4. The smallest absolute Gasteiger partial charge is 0.253 e. The third-order valence-corrected chi connectivity index (χ3v) is 6.22. The van der Waals surface area contributed by atoms with Gasteiger partial charge in [0.1, 0.15) is 17.7 Å². The monoisotopic (exact) mass is 439 g/mol. The molecular formula is C23H23F2N5O2.